The average molecular weight is 490 g/mol. The molecule has 0 bridgehead atoms. The number of carboxylic acids is 1. The quantitative estimate of drug-likeness (QED) is 0.194. The number of nitrogens with two attached hydrogens (primary N) is 2. The van der Waals surface area contributed by atoms with Crippen LogP contribution in [0.25, 0.3) is 0 Å². The summed E-state index contributed by atoms with van der Waals surface area (Å²) in [6, 6.07) is -4.22. The number of halogens is 1. The van der Waals surface area contributed by atoms with Crippen molar-refractivity contribution in [1.82, 2.24) is 15.5 Å². The maximum Gasteiger partial charge on any atom is 0.330 e. The van der Waals surface area contributed by atoms with Gasteiger partial charge in [0.15, 0.2) is 0 Å². The molecule has 0 unspecified atom stereocenters. The number of rotatable bonds is 12. The molecule has 34 heavy (non-hydrogen) atoms. The summed E-state index contributed by atoms with van der Waals surface area (Å²) >= 11 is 0. The van der Waals surface area contributed by atoms with E-state index in [2.05, 4.69) is 15.4 Å². The number of primary amides is 1. The number of hydrogen-bond acceptors (Lipinski definition) is 8. The largest absolute Gasteiger partial charge is 0.481 e. The number of ether oxygens (including phenoxy) is 1. The third-order valence-electron chi connectivity index (χ3n) is 5.52. The molecule has 192 valence electrons. The van der Waals surface area contributed by atoms with Gasteiger partial charge in [0.1, 0.15) is 12.1 Å². The highest BCUT2D eigenvalue weighted by Crippen LogP contribution is 2.27. The Morgan fingerprint density at radius 1 is 1.15 bits per heavy atom. The smallest absolute Gasteiger partial charge is 0.330 e. The number of nitrogens with zero attached hydrogens (tertiary/aromatic N) is 1. The van der Waals surface area contributed by atoms with Crippen molar-refractivity contribution >= 4 is 35.6 Å². The van der Waals surface area contributed by atoms with Gasteiger partial charge in [-0.25, -0.2) is 9.18 Å². The van der Waals surface area contributed by atoms with E-state index in [4.69, 9.17) is 16.6 Å². The van der Waals surface area contributed by atoms with E-state index < -0.39 is 85.4 Å². The van der Waals surface area contributed by atoms with Gasteiger partial charge in [-0.1, -0.05) is 6.42 Å². The van der Waals surface area contributed by atoms with E-state index in [9.17, 15) is 33.2 Å². The van der Waals surface area contributed by atoms with Crippen LogP contribution >= 0.6 is 0 Å². The summed E-state index contributed by atoms with van der Waals surface area (Å²) in [5.41, 5.74) is 10.8. The Morgan fingerprint density at radius 3 is 2.35 bits per heavy atom. The Balaban J connectivity index is 2.85. The van der Waals surface area contributed by atoms with Crippen LogP contribution in [-0.2, 0) is 33.5 Å². The first-order chi connectivity index (χ1) is 15.9. The number of nitrogens with one attached hydrogen (secondary N) is 2. The summed E-state index contributed by atoms with van der Waals surface area (Å²) in [5.74, 6) is -5.68. The fraction of sp³-hybridized carbons (Fsp3) is 0.700. The van der Waals surface area contributed by atoms with Crippen molar-refractivity contribution < 1.29 is 43.0 Å². The third kappa shape index (κ3) is 8.92. The second-order valence-corrected chi connectivity index (χ2v) is 8.21. The summed E-state index contributed by atoms with van der Waals surface area (Å²) in [7, 11) is 1.31. The lowest BCUT2D eigenvalue weighted by Gasteiger charge is -2.34. The molecule has 1 fully saturated rings. The van der Waals surface area contributed by atoms with Crippen LogP contribution in [0.15, 0.2) is 0 Å². The van der Waals surface area contributed by atoms with Gasteiger partial charge in [-0.3, -0.25) is 24.0 Å². The SMILES string of the molecule is C[C@H](NC(=O)[C@H](CC(N)=O)N(C)C(=O)[C@H]1CCC[C@@H](NC(=O)[C@@H](N)CC(=O)O)C1)C(=O)OCF. The minimum Gasteiger partial charge on any atom is -0.481 e. The van der Waals surface area contributed by atoms with Crippen LogP contribution in [0.3, 0.4) is 0 Å². The van der Waals surface area contributed by atoms with Crippen LogP contribution in [0.4, 0.5) is 4.39 Å². The number of carbonyl (C=O) groups excluding carboxylic acids is 5. The number of carboxylic acid groups (broad SMARTS) is 1. The van der Waals surface area contributed by atoms with Gasteiger partial charge >= 0.3 is 11.9 Å². The maximum atomic E-state index is 13.1. The molecule has 4 amide bonds. The Hall–Kier alpha value is -3.29. The molecule has 13 nitrogen and oxygen atoms in total. The van der Waals surface area contributed by atoms with Crippen molar-refractivity contribution in [3.8, 4) is 0 Å². The second kappa shape index (κ2) is 13.4. The van der Waals surface area contributed by atoms with Gasteiger partial charge in [-0.05, 0) is 26.2 Å². The van der Waals surface area contributed by atoms with Crippen molar-refractivity contribution in [3.05, 3.63) is 0 Å². The van der Waals surface area contributed by atoms with Crippen molar-refractivity contribution in [2.24, 2.45) is 17.4 Å². The average Bonchev–Trinajstić information content (AvgIpc) is 2.76. The number of likely N-dealkylation sites (N-methyl/N-ethyl adjacent to an activating group) is 1. The van der Waals surface area contributed by atoms with Gasteiger partial charge in [-0.2, -0.15) is 0 Å². The fourth-order valence-corrected chi connectivity index (χ4v) is 3.72. The van der Waals surface area contributed by atoms with Gasteiger partial charge in [0.05, 0.1) is 18.9 Å². The summed E-state index contributed by atoms with van der Waals surface area (Å²) in [6.07, 6.45) is 0.751. The van der Waals surface area contributed by atoms with E-state index in [0.29, 0.717) is 19.3 Å². The van der Waals surface area contributed by atoms with E-state index >= 15 is 0 Å². The molecule has 14 heteroatoms. The van der Waals surface area contributed by atoms with Gasteiger partial charge in [-0.15, -0.1) is 0 Å². The van der Waals surface area contributed by atoms with Crippen LogP contribution in [0.2, 0.25) is 0 Å². The first-order valence-corrected chi connectivity index (χ1v) is 10.7. The standard InChI is InChI=1S/C20H32FN5O8/c1-10(20(33)34-9-21)24-18(31)14(8-15(23)27)26(2)19(32)11-4-3-5-12(6-11)25-17(30)13(22)7-16(28)29/h10-14H,3-9,22H2,1-2H3,(H2,23,27)(H,24,31)(H,25,30)(H,28,29)/t10-,11-,12+,13-,14-/m0/s1. The Labute approximate surface area is 195 Å². The van der Waals surface area contributed by atoms with Crippen molar-refractivity contribution in [1.29, 1.82) is 0 Å². The molecule has 0 aliphatic heterocycles. The number of hydrogen-bond donors (Lipinski definition) is 5. The van der Waals surface area contributed by atoms with E-state index in [-0.39, 0.29) is 6.42 Å². The molecule has 0 aromatic carbocycles. The number of alkyl halides is 1. The normalized spacial score (nSPS) is 20.2. The van der Waals surface area contributed by atoms with Crippen molar-refractivity contribution in [2.75, 3.05) is 13.9 Å². The van der Waals surface area contributed by atoms with Crippen molar-refractivity contribution in [2.45, 2.75) is 69.6 Å². The van der Waals surface area contributed by atoms with Crippen LogP contribution in [0.5, 0.6) is 0 Å². The molecule has 1 aliphatic carbocycles. The zero-order chi connectivity index (χ0) is 26.0. The summed E-state index contributed by atoms with van der Waals surface area (Å²) in [5, 5.41) is 13.7. The van der Waals surface area contributed by atoms with Gasteiger partial charge in [0.25, 0.3) is 0 Å². The highest BCUT2D eigenvalue weighted by molar-refractivity contribution is 5.94. The second-order valence-electron chi connectivity index (χ2n) is 8.21. The first-order valence-electron chi connectivity index (χ1n) is 10.7. The lowest BCUT2D eigenvalue weighted by molar-refractivity contribution is -0.152. The predicted octanol–water partition coefficient (Wildman–Crippen LogP) is -1.86. The number of esters is 1. The van der Waals surface area contributed by atoms with Gasteiger partial charge in [0.2, 0.25) is 30.5 Å². The molecular formula is C20H32FN5O8. The van der Waals surface area contributed by atoms with Crippen molar-refractivity contribution in [3.63, 3.8) is 0 Å². The third-order valence-corrected chi connectivity index (χ3v) is 5.52. The molecule has 0 radical (unpaired) electrons. The lowest BCUT2D eigenvalue weighted by Crippen LogP contribution is -2.54. The van der Waals surface area contributed by atoms with E-state index in [1.165, 1.54) is 14.0 Å². The molecule has 5 atom stereocenters. The molecule has 7 N–H and O–H groups in total. The van der Waals surface area contributed by atoms with Crippen LogP contribution in [0.1, 0.15) is 45.4 Å². The number of aliphatic carboxylic acids is 1. The zero-order valence-electron chi connectivity index (χ0n) is 19.1. The molecule has 0 spiro atoms. The fourth-order valence-electron chi connectivity index (χ4n) is 3.72. The Bertz CT molecular complexity index is 795. The Morgan fingerprint density at radius 2 is 1.79 bits per heavy atom. The molecule has 0 aromatic heterocycles. The number of carbonyl (C=O) groups is 6. The van der Waals surface area contributed by atoms with E-state index in [1.54, 1.807) is 0 Å². The molecule has 0 aromatic rings. The van der Waals surface area contributed by atoms with Gasteiger partial charge in [0, 0.05) is 19.0 Å². The van der Waals surface area contributed by atoms with Crippen LogP contribution in [-0.4, -0.2) is 83.6 Å². The molecular weight excluding hydrogens is 457 g/mol. The van der Waals surface area contributed by atoms with E-state index in [0.717, 1.165) is 4.90 Å². The zero-order valence-corrected chi connectivity index (χ0v) is 19.1. The summed E-state index contributed by atoms with van der Waals surface area (Å²) in [4.78, 5) is 72.8. The summed E-state index contributed by atoms with van der Waals surface area (Å²) in [6.45, 7) is -0.120. The maximum absolute atomic E-state index is 13.1. The topological polar surface area (TPSA) is 211 Å². The molecule has 0 saturated heterocycles. The molecule has 0 heterocycles. The first kappa shape index (κ1) is 28.7. The number of amides is 4. The van der Waals surface area contributed by atoms with Gasteiger partial charge < -0.3 is 36.8 Å². The Kier molecular flexibility index (Phi) is 11.3. The highest BCUT2D eigenvalue weighted by atomic mass is 19.1. The lowest BCUT2D eigenvalue weighted by atomic mass is 9.84. The van der Waals surface area contributed by atoms with Crippen LogP contribution < -0.4 is 22.1 Å². The monoisotopic (exact) mass is 489 g/mol. The minimum atomic E-state index is -1.37. The summed E-state index contributed by atoms with van der Waals surface area (Å²) < 4.78 is 16.4. The molecule has 1 rings (SSSR count). The molecule has 1 aliphatic rings. The minimum absolute atomic E-state index is 0.221. The predicted molar refractivity (Wildman–Crippen MR) is 114 cm³/mol. The molecule has 1 saturated carbocycles. The van der Waals surface area contributed by atoms with Crippen LogP contribution in [0, 0.1) is 5.92 Å². The highest BCUT2D eigenvalue weighted by Gasteiger charge is 2.36. The van der Waals surface area contributed by atoms with E-state index in [1.807, 2.05) is 0 Å².